The Morgan fingerprint density at radius 1 is 1.04 bits per heavy atom. The summed E-state index contributed by atoms with van der Waals surface area (Å²) in [6.07, 6.45) is 1.84. The van der Waals surface area contributed by atoms with Crippen LogP contribution >= 0.6 is 22.9 Å². The van der Waals surface area contributed by atoms with Crippen molar-refractivity contribution in [1.29, 1.82) is 5.26 Å². The highest BCUT2D eigenvalue weighted by atomic mass is 35.5. The number of nitrogens with zero attached hydrogens (tertiary/aromatic N) is 2. The molecule has 4 aromatic rings. The van der Waals surface area contributed by atoms with Crippen LogP contribution < -0.4 is 4.74 Å². The lowest BCUT2D eigenvalue weighted by atomic mass is 10.1. The summed E-state index contributed by atoms with van der Waals surface area (Å²) in [5, 5.41) is 11.0. The lowest BCUT2D eigenvalue weighted by molar-refractivity contribution is 0.306. The maximum Gasteiger partial charge on any atom is 0.135 e. The number of para-hydroxylation sites is 1. The van der Waals surface area contributed by atoms with Gasteiger partial charge in [0.05, 0.1) is 15.8 Å². The van der Waals surface area contributed by atoms with Crippen LogP contribution in [0.25, 0.3) is 21.9 Å². The number of ether oxygens (including phenoxy) is 1. The van der Waals surface area contributed by atoms with Crippen molar-refractivity contribution in [2.75, 3.05) is 0 Å². The molecule has 136 valence electrons. The Hall–Kier alpha value is -3.13. The molecular weight excluding hydrogens is 388 g/mol. The molecule has 1 heterocycles. The molecule has 0 radical (unpaired) electrons. The second kappa shape index (κ2) is 8.26. The minimum absolute atomic E-state index is 0.407. The van der Waals surface area contributed by atoms with Crippen LogP contribution in [-0.4, -0.2) is 4.98 Å². The Bertz CT molecular complexity index is 1160. The summed E-state index contributed by atoms with van der Waals surface area (Å²) in [6, 6.07) is 25.4. The van der Waals surface area contributed by atoms with Gasteiger partial charge in [0, 0.05) is 10.6 Å². The lowest BCUT2D eigenvalue weighted by Crippen LogP contribution is -1.95. The fourth-order valence-corrected chi connectivity index (χ4v) is 3.85. The van der Waals surface area contributed by atoms with Crippen LogP contribution in [0.1, 0.15) is 16.1 Å². The van der Waals surface area contributed by atoms with E-state index in [9.17, 15) is 5.26 Å². The minimum atomic E-state index is 0.407. The van der Waals surface area contributed by atoms with Crippen molar-refractivity contribution in [3.8, 4) is 11.8 Å². The van der Waals surface area contributed by atoms with Gasteiger partial charge in [-0.05, 0) is 42.0 Å². The van der Waals surface area contributed by atoms with Gasteiger partial charge in [0.2, 0.25) is 0 Å². The number of hydrogen-bond acceptors (Lipinski definition) is 4. The zero-order chi connectivity index (χ0) is 19.3. The smallest absolute Gasteiger partial charge is 0.135 e. The number of halogens is 1. The molecule has 5 heteroatoms. The van der Waals surface area contributed by atoms with E-state index in [0.29, 0.717) is 17.2 Å². The summed E-state index contributed by atoms with van der Waals surface area (Å²) in [5.74, 6) is 0.746. The summed E-state index contributed by atoms with van der Waals surface area (Å²) in [7, 11) is 0. The van der Waals surface area contributed by atoms with E-state index in [1.165, 1.54) is 11.3 Å². The summed E-state index contributed by atoms with van der Waals surface area (Å²) < 4.78 is 6.87. The fraction of sp³-hybridized carbons (Fsp3) is 0.0435. The van der Waals surface area contributed by atoms with E-state index < -0.39 is 0 Å². The third-order valence-electron chi connectivity index (χ3n) is 4.19. The fourth-order valence-electron chi connectivity index (χ4n) is 2.73. The van der Waals surface area contributed by atoms with Crippen molar-refractivity contribution in [2.45, 2.75) is 6.61 Å². The first-order chi connectivity index (χ1) is 13.7. The van der Waals surface area contributed by atoms with Gasteiger partial charge in [0.25, 0.3) is 0 Å². The molecule has 0 atom stereocenters. The molecule has 28 heavy (non-hydrogen) atoms. The number of nitriles is 1. The number of thiazole rings is 1. The predicted octanol–water partition coefficient (Wildman–Crippen LogP) is 6.59. The molecule has 0 fully saturated rings. The van der Waals surface area contributed by atoms with Crippen molar-refractivity contribution in [3.63, 3.8) is 0 Å². The highest BCUT2D eigenvalue weighted by Gasteiger charge is 2.08. The van der Waals surface area contributed by atoms with Gasteiger partial charge in [-0.3, -0.25) is 0 Å². The number of hydrogen-bond donors (Lipinski definition) is 0. The molecular formula is C23H15ClN2OS. The van der Waals surface area contributed by atoms with E-state index in [2.05, 4.69) is 11.1 Å². The second-order valence-electron chi connectivity index (χ2n) is 6.11. The summed E-state index contributed by atoms with van der Waals surface area (Å²) in [4.78, 5) is 4.56. The molecule has 0 N–H and O–H groups in total. The highest BCUT2D eigenvalue weighted by Crippen LogP contribution is 2.28. The predicted molar refractivity (Wildman–Crippen MR) is 115 cm³/mol. The van der Waals surface area contributed by atoms with Crippen molar-refractivity contribution in [3.05, 3.63) is 94.0 Å². The number of fused-ring (bicyclic) bond motifs is 1. The molecule has 0 amide bonds. The maximum atomic E-state index is 9.57. The number of allylic oxidation sites excluding steroid dienone is 1. The van der Waals surface area contributed by atoms with Gasteiger partial charge in [-0.2, -0.15) is 5.26 Å². The zero-order valence-corrected chi connectivity index (χ0v) is 16.4. The van der Waals surface area contributed by atoms with E-state index in [0.717, 1.165) is 32.1 Å². The Kier molecular flexibility index (Phi) is 5.38. The Balaban J connectivity index is 1.51. The number of benzene rings is 3. The molecule has 0 bridgehead atoms. The third kappa shape index (κ3) is 4.07. The van der Waals surface area contributed by atoms with Gasteiger partial charge in [0.1, 0.15) is 23.4 Å². The van der Waals surface area contributed by atoms with Gasteiger partial charge in [0.15, 0.2) is 0 Å². The first-order valence-corrected chi connectivity index (χ1v) is 9.86. The zero-order valence-electron chi connectivity index (χ0n) is 14.8. The average molecular weight is 403 g/mol. The summed E-state index contributed by atoms with van der Waals surface area (Å²) in [5.41, 5.74) is 3.31. The first kappa shape index (κ1) is 18.2. The van der Waals surface area contributed by atoms with Crippen LogP contribution in [0.15, 0.2) is 72.8 Å². The van der Waals surface area contributed by atoms with E-state index >= 15 is 0 Å². The molecule has 0 aliphatic rings. The molecule has 3 aromatic carbocycles. The van der Waals surface area contributed by atoms with Crippen LogP contribution in [0.5, 0.6) is 5.75 Å². The Labute approximate surface area is 172 Å². The maximum absolute atomic E-state index is 9.57. The normalized spacial score (nSPS) is 11.4. The van der Waals surface area contributed by atoms with Crippen LogP contribution in [0.4, 0.5) is 0 Å². The molecule has 0 aliphatic heterocycles. The monoisotopic (exact) mass is 402 g/mol. The van der Waals surface area contributed by atoms with Crippen LogP contribution in [0.3, 0.4) is 0 Å². The standard InChI is InChI=1S/C23H15ClN2OS/c24-20-6-2-1-5-17(20)15-27-19-11-9-16(10-12-19)13-18(14-25)23-26-21-7-3-4-8-22(21)28-23/h1-13H,15H2/b18-13+. The molecule has 0 saturated carbocycles. The van der Waals surface area contributed by atoms with Crippen molar-refractivity contribution in [2.24, 2.45) is 0 Å². The van der Waals surface area contributed by atoms with Gasteiger partial charge >= 0.3 is 0 Å². The summed E-state index contributed by atoms with van der Waals surface area (Å²) in [6.45, 7) is 0.407. The Morgan fingerprint density at radius 2 is 1.79 bits per heavy atom. The van der Waals surface area contributed by atoms with Crippen LogP contribution in [0.2, 0.25) is 5.02 Å². The van der Waals surface area contributed by atoms with Gasteiger partial charge in [-0.1, -0.05) is 54.1 Å². The van der Waals surface area contributed by atoms with Crippen LogP contribution in [0, 0.1) is 11.3 Å². The van der Waals surface area contributed by atoms with E-state index in [1.807, 2.05) is 78.9 Å². The van der Waals surface area contributed by atoms with Gasteiger partial charge in [-0.25, -0.2) is 4.98 Å². The van der Waals surface area contributed by atoms with E-state index in [1.54, 1.807) is 0 Å². The first-order valence-electron chi connectivity index (χ1n) is 8.67. The molecule has 3 nitrogen and oxygen atoms in total. The molecule has 0 aliphatic carbocycles. The van der Waals surface area contributed by atoms with Gasteiger partial charge in [-0.15, -0.1) is 11.3 Å². The van der Waals surface area contributed by atoms with Crippen molar-refractivity contribution >= 4 is 44.8 Å². The molecule has 1 aromatic heterocycles. The SMILES string of the molecule is N#C/C(=C\c1ccc(OCc2ccccc2Cl)cc1)c1nc2ccccc2s1. The number of rotatable bonds is 5. The van der Waals surface area contributed by atoms with E-state index in [4.69, 9.17) is 16.3 Å². The quantitative estimate of drug-likeness (QED) is 0.353. The van der Waals surface area contributed by atoms with Crippen molar-refractivity contribution in [1.82, 2.24) is 4.98 Å². The second-order valence-corrected chi connectivity index (χ2v) is 7.54. The number of aromatic nitrogens is 1. The van der Waals surface area contributed by atoms with Crippen LogP contribution in [-0.2, 0) is 6.61 Å². The minimum Gasteiger partial charge on any atom is -0.489 e. The van der Waals surface area contributed by atoms with Crippen molar-refractivity contribution < 1.29 is 4.74 Å². The Morgan fingerprint density at radius 3 is 2.54 bits per heavy atom. The molecule has 0 saturated heterocycles. The van der Waals surface area contributed by atoms with Gasteiger partial charge < -0.3 is 4.74 Å². The largest absolute Gasteiger partial charge is 0.489 e. The van der Waals surface area contributed by atoms with E-state index in [-0.39, 0.29) is 0 Å². The third-order valence-corrected chi connectivity index (χ3v) is 5.63. The lowest BCUT2D eigenvalue weighted by Gasteiger charge is -2.08. The topological polar surface area (TPSA) is 45.9 Å². The average Bonchev–Trinajstić information content (AvgIpc) is 3.16. The molecule has 0 unspecified atom stereocenters. The highest BCUT2D eigenvalue weighted by molar-refractivity contribution is 7.19. The molecule has 4 rings (SSSR count). The summed E-state index contributed by atoms with van der Waals surface area (Å²) >= 11 is 7.67. The molecule has 0 spiro atoms.